The third-order valence-electron chi connectivity index (χ3n) is 7.65. The van der Waals surface area contributed by atoms with E-state index in [0.29, 0.717) is 0 Å². The lowest BCUT2D eigenvalue weighted by molar-refractivity contribution is -0.150. The zero-order valence-corrected chi connectivity index (χ0v) is 21.6. The lowest BCUT2D eigenvalue weighted by atomic mass is 9.98. The van der Waals surface area contributed by atoms with Gasteiger partial charge in [0.1, 0.15) is 19.3 Å². The van der Waals surface area contributed by atoms with Gasteiger partial charge < -0.3 is 19.9 Å². The van der Waals surface area contributed by atoms with Crippen molar-refractivity contribution in [3.8, 4) is 22.3 Å². The van der Waals surface area contributed by atoms with Crippen LogP contribution in [0.25, 0.3) is 22.3 Å². The monoisotopic (exact) mass is 533 g/mol. The Hall–Kier alpha value is -4.91. The van der Waals surface area contributed by atoms with E-state index in [1.807, 2.05) is 97.1 Å². The Bertz CT molecular complexity index is 1520. The number of ether oxygens (including phenoxy) is 2. The zero-order chi connectivity index (χ0) is 27.6. The summed E-state index contributed by atoms with van der Waals surface area (Å²) in [6.45, 7) is 0.0691. The lowest BCUT2D eigenvalue weighted by Crippen LogP contribution is -2.44. The van der Waals surface area contributed by atoms with Gasteiger partial charge in [0.2, 0.25) is 0 Å². The number of hydrogen-bond acceptors (Lipinski definition) is 5. The summed E-state index contributed by atoms with van der Waals surface area (Å²) >= 11 is 0. The van der Waals surface area contributed by atoms with Gasteiger partial charge in [-0.25, -0.2) is 9.59 Å². The molecule has 40 heavy (non-hydrogen) atoms. The molecule has 0 aromatic heterocycles. The number of esters is 1. The van der Waals surface area contributed by atoms with E-state index >= 15 is 0 Å². The normalized spacial score (nSPS) is 13.9. The summed E-state index contributed by atoms with van der Waals surface area (Å²) in [6, 6.07) is 30.4. The number of aliphatic carboxylic acids is 1. The average Bonchev–Trinajstić information content (AvgIpc) is 3.47. The van der Waals surface area contributed by atoms with Gasteiger partial charge in [-0.05, 0) is 44.5 Å². The summed E-state index contributed by atoms with van der Waals surface area (Å²) in [5.74, 6) is -2.41. The molecule has 7 nitrogen and oxygen atoms in total. The molecule has 2 aliphatic carbocycles. The van der Waals surface area contributed by atoms with Crippen molar-refractivity contribution in [1.82, 2.24) is 5.32 Å². The van der Waals surface area contributed by atoms with Crippen molar-refractivity contribution in [2.75, 3.05) is 13.2 Å². The Morgan fingerprint density at radius 3 is 1.40 bits per heavy atom. The number of amides is 1. The lowest BCUT2D eigenvalue weighted by Gasteiger charge is -2.20. The molecule has 1 amide bonds. The van der Waals surface area contributed by atoms with Crippen LogP contribution >= 0.6 is 0 Å². The van der Waals surface area contributed by atoms with Crippen LogP contribution in [0.3, 0.4) is 0 Å². The fourth-order valence-corrected chi connectivity index (χ4v) is 5.86. The number of benzene rings is 4. The molecule has 2 N–H and O–H groups in total. The van der Waals surface area contributed by atoms with E-state index in [1.54, 1.807) is 0 Å². The highest BCUT2D eigenvalue weighted by Gasteiger charge is 2.33. The minimum atomic E-state index is -1.39. The molecule has 0 radical (unpaired) electrons. The first-order valence-corrected chi connectivity index (χ1v) is 13.2. The van der Waals surface area contributed by atoms with Crippen LogP contribution < -0.4 is 5.32 Å². The highest BCUT2D eigenvalue weighted by molar-refractivity contribution is 5.86. The Kier molecular flexibility index (Phi) is 6.78. The summed E-state index contributed by atoms with van der Waals surface area (Å²) < 4.78 is 11.1. The molecule has 0 unspecified atom stereocenters. The molecule has 0 saturated heterocycles. The van der Waals surface area contributed by atoms with Crippen molar-refractivity contribution in [2.45, 2.75) is 24.3 Å². The van der Waals surface area contributed by atoms with Crippen molar-refractivity contribution in [2.24, 2.45) is 0 Å². The number of hydrogen-bond donors (Lipinski definition) is 2. The van der Waals surface area contributed by atoms with Crippen LogP contribution in [0.5, 0.6) is 0 Å². The molecule has 2 aliphatic rings. The fraction of sp³-hybridized carbons (Fsp3) is 0.182. The SMILES string of the molecule is O=C(O)C[C@@H](NC(=O)OCC1c2ccccc2-c2ccccc21)C(=O)OCC1c2ccccc2-c2ccccc21. The Balaban J connectivity index is 1.12. The first kappa shape index (κ1) is 25.4. The molecule has 0 saturated carbocycles. The molecule has 6 rings (SSSR count). The fourth-order valence-electron chi connectivity index (χ4n) is 5.86. The van der Waals surface area contributed by atoms with E-state index in [0.717, 1.165) is 44.5 Å². The summed E-state index contributed by atoms with van der Waals surface area (Å²) in [5.41, 5.74) is 8.52. The molecule has 0 heterocycles. The molecular formula is C33H27NO6. The predicted molar refractivity (Wildman–Crippen MR) is 149 cm³/mol. The van der Waals surface area contributed by atoms with E-state index in [1.165, 1.54) is 0 Å². The number of rotatable bonds is 8. The summed E-state index contributed by atoms with van der Waals surface area (Å²) in [6.07, 6.45) is -1.50. The van der Waals surface area contributed by atoms with E-state index in [2.05, 4.69) is 5.32 Å². The maximum absolute atomic E-state index is 13.0. The van der Waals surface area contributed by atoms with E-state index in [9.17, 15) is 19.5 Å². The van der Waals surface area contributed by atoms with Gasteiger partial charge >= 0.3 is 18.0 Å². The highest BCUT2D eigenvalue weighted by Crippen LogP contribution is 2.45. The molecule has 0 aliphatic heterocycles. The number of fused-ring (bicyclic) bond motifs is 6. The van der Waals surface area contributed by atoms with Crippen LogP contribution in [0.2, 0.25) is 0 Å². The minimum absolute atomic E-state index is 0.0232. The first-order chi connectivity index (χ1) is 19.5. The quantitative estimate of drug-likeness (QED) is 0.281. The molecule has 4 aromatic rings. The van der Waals surface area contributed by atoms with Gasteiger partial charge in [0, 0.05) is 11.8 Å². The second-order valence-corrected chi connectivity index (χ2v) is 9.98. The van der Waals surface area contributed by atoms with Gasteiger partial charge in [-0.2, -0.15) is 0 Å². The Morgan fingerprint density at radius 2 is 1.00 bits per heavy atom. The minimum Gasteiger partial charge on any atom is -0.481 e. The number of nitrogens with one attached hydrogen (secondary N) is 1. The number of carboxylic acid groups (broad SMARTS) is 1. The first-order valence-electron chi connectivity index (χ1n) is 13.2. The molecule has 7 heteroatoms. The van der Waals surface area contributed by atoms with Crippen LogP contribution in [0.4, 0.5) is 4.79 Å². The van der Waals surface area contributed by atoms with Crippen molar-refractivity contribution in [1.29, 1.82) is 0 Å². The molecule has 200 valence electrons. The van der Waals surface area contributed by atoms with Crippen molar-refractivity contribution in [3.63, 3.8) is 0 Å². The second kappa shape index (κ2) is 10.7. The highest BCUT2D eigenvalue weighted by atomic mass is 16.6. The van der Waals surface area contributed by atoms with Gasteiger partial charge in [-0.3, -0.25) is 4.79 Å². The maximum atomic E-state index is 13.0. The van der Waals surface area contributed by atoms with Crippen LogP contribution in [0.15, 0.2) is 97.1 Å². The standard InChI is InChI=1S/C33H27NO6/c35-31(36)17-30(32(37)39-18-28-24-13-5-1-9-20(24)21-10-2-6-14-25(21)28)34-33(38)40-19-29-26-15-7-3-11-22(26)23-12-4-8-16-27(23)29/h1-16,28-30H,17-19H2,(H,34,38)(H,35,36)/t30-/m1/s1. The summed E-state index contributed by atoms with van der Waals surface area (Å²) in [5, 5.41) is 11.8. The van der Waals surface area contributed by atoms with Crippen LogP contribution in [0, 0.1) is 0 Å². The van der Waals surface area contributed by atoms with Crippen molar-refractivity contribution >= 4 is 18.0 Å². The average molecular weight is 534 g/mol. The van der Waals surface area contributed by atoms with Gasteiger partial charge in [-0.1, -0.05) is 97.1 Å². The third kappa shape index (κ3) is 4.71. The van der Waals surface area contributed by atoms with E-state index < -0.39 is 30.5 Å². The number of alkyl carbamates (subject to hydrolysis) is 1. The Morgan fingerprint density at radius 1 is 0.625 bits per heavy atom. The van der Waals surface area contributed by atoms with Crippen molar-refractivity contribution in [3.05, 3.63) is 119 Å². The molecule has 1 atom stereocenters. The van der Waals surface area contributed by atoms with Gasteiger partial charge in [0.15, 0.2) is 0 Å². The maximum Gasteiger partial charge on any atom is 0.407 e. The largest absolute Gasteiger partial charge is 0.481 e. The predicted octanol–water partition coefficient (Wildman–Crippen LogP) is 5.72. The number of carboxylic acids is 1. The topological polar surface area (TPSA) is 102 Å². The zero-order valence-electron chi connectivity index (χ0n) is 21.6. The van der Waals surface area contributed by atoms with Crippen LogP contribution in [-0.4, -0.2) is 42.4 Å². The smallest absolute Gasteiger partial charge is 0.407 e. The van der Waals surface area contributed by atoms with Crippen molar-refractivity contribution < 1.29 is 29.0 Å². The van der Waals surface area contributed by atoms with Crippen LogP contribution in [-0.2, 0) is 19.1 Å². The third-order valence-corrected chi connectivity index (χ3v) is 7.65. The summed E-state index contributed by atoms with van der Waals surface area (Å²) in [7, 11) is 0. The van der Waals surface area contributed by atoms with E-state index in [-0.39, 0.29) is 25.0 Å². The van der Waals surface area contributed by atoms with Gasteiger partial charge in [0.05, 0.1) is 6.42 Å². The molecule has 0 bridgehead atoms. The van der Waals surface area contributed by atoms with Crippen LogP contribution in [0.1, 0.15) is 40.5 Å². The van der Waals surface area contributed by atoms with Gasteiger partial charge in [-0.15, -0.1) is 0 Å². The molecule has 4 aromatic carbocycles. The summed E-state index contributed by atoms with van der Waals surface area (Å²) in [4.78, 5) is 37.3. The molecule has 0 fully saturated rings. The number of carbonyl (C=O) groups excluding carboxylic acids is 2. The second-order valence-electron chi connectivity index (χ2n) is 9.98. The van der Waals surface area contributed by atoms with Gasteiger partial charge in [0.25, 0.3) is 0 Å². The molecule has 0 spiro atoms. The Labute approximate surface area is 231 Å². The number of carbonyl (C=O) groups is 3. The molecular weight excluding hydrogens is 506 g/mol. The van der Waals surface area contributed by atoms with E-state index in [4.69, 9.17) is 9.47 Å².